The Morgan fingerprint density at radius 1 is 0.968 bits per heavy atom. The fourth-order valence-electron chi connectivity index (χ4n) is 3.78. The van der Waals surface area contributed by atoms with Crippen molar-refractivity contribution in [1.82, 2.24) is 14.5 Å². The Hall–Kier alpha value is -4.12. The average molecular weight is 407 g/mol. The van der Waals surface area contributed by atoms with Crippen LogP contribution in [0.2, 0.25) is 0 Å². The minimum Gasteiger partial charge on any atom is -0.497 e. The average Bonchev–Trinajstić information content (AvgIpc) is 3.22. The second-order valence-electron chi connectivity index (χ2n) is 7.35. The summed E-state index contributed by atoms with van der Waals surface area (Å²) >= 11 is 0. The zero-order valence-corrected chi connectivity index (χ0v) is 17.1. The molecule has 152 valence electrons. The van der Waals surface area contributed by atoms with Gasteiger partial charge >= 0.3 is 0 Å². The van der Waals surface area contributed by atoms with E-state index in [1.165, 1.54) is 0 Å². The van der Waals surface area contributed by atoms with Gasteiger partial charge in [-0.2, -0.15) is 0 Å². The lowest BCUT2D eigenvalue weighted by atomic mass is 10.1. The summed E-state index contributed by atoms with van der Waals surface area (Å²) in [6, 6.07) is 23.3. The number of ether oxygens (including phenoxy) is 1. The monoisotopic (exact) mass is 407 g/mol. The van der Waals surface area contributed by atoms with Crippen LogP contribution in [0.25, 0.3) is 34.0 Å². The quantitative estimate of drug-likeness (QED) is 0.441. The van der Waals surface area contributed by atoms with Crippen molar-refractivity contribution in [3.05, 3.63) is 106 Å². The molecule has 31 heavy (non-hydrogen) atoms. The molecule has 0 fully saturated rings. The molecule has 0 radical (unpaired) electrons. The number of aromatic nitrogens is 3. The molecule has 0 unspecified atom stereocenters. The number of rotatable bonds is 5. The number of methoxy groups -OCH3 is 1. The van der Waals surface area contributed by atoms with Gasteiger partial charge in [-0.3, -0.25) is 9.36 Å². The van der Waals surface area contributed by atoms with Crippen molar-refractivity contribution in [1.29, 1.82) is 0 Å². The van der Waals surface area contributed by atoms with E-state index >= 15 is 0 Å². The molecule has 0 atom stereocenters. The lowest BCUT2D eigenvalue weighted by Crippen LogP contribution is -2.24. The van der Waals surface area contributed by atoms with Crippen LogP contribution in [0, 0.1) is 0 Å². The molecule has 1 N–H and O–H groups in total. The summed E-state index contributed by atoms with van der Waals surface area (Å²) in [6.45, 7) is 0.457. The van der Waals surface area contributed by atoms with Crippen LogP contribution in [0.1, 0.15) is 17.0 Å². The maximum Gasteiger partial charge on any atom is 0.261 e. The van der Waals surface area contributed by atoms with E-state index in [-0.39, 0.29) is 5.56 Å². The van der Waals surface area contributed by atoms with E-state index in [1.807, 2.05) is 91.1 Å². The number of hydrogen-bond acceptors (Lipinski definition) is 3. The van der Waals surface area contributed by atoms with Crippen LogP contribution in [0.15, 0.2) is 83.8 Å². The Labute approximate surface area is 179 Å². The fraction of sp³-hybridized carbons (Fsp3) is 0.0769. The third-order valence-electron chi connectivity index (χ3n) is 5.41. The number of aromatic amines is 1. The van der Waals surface area contributed by atoms with Gasteiger partial charge in [-0.25, -0.2) is 4.98 Å². The lowest BCUT2D eigenvalue weighted by Gasteiger charge is -2.11. The highest BCUT2D eigenvalue weighted by atomic mass is 16.5. The maximum absolute atomic E-state index is 13.3. The van der Waals surface area contributed by atoms with Crippen molar-refractivity contribution in [3.63, 3.8) is 0 Å². The van der Waals surface area contributed by atoms with Crippen LogP contribution in [0.4, 0.5) is 0 Å². The molecule has 0 aliphatic rings. The van der Waals surface area contributed by atoms with Crippen LogP contribution in [-0.2, 0) is 6.54 Å². The van der Waals surface area contributed by atoms with Crippen LogP contribution in [0.3, 0.4) is 0 Å². The zero-order valence-electron chi connectivity index (χ0n) is 17.1. The molecule has 5 aromatic rings. The van der Waals surface area contributed by atoms with E-state index in [2.05, 4.69) is 4.98 Å². The summed E-state index contributed by atoms with van der Waals surface area (Å²) < 4.78 is 7.09. The Morgan fingerprint density at radius 2 is 1.77 bits per heavy atom. The van der Waals surface area contributed by atoms with Crippen molar-refractivity contribution < 1.29 is 4.74 Å². The van der Waals surface area contributed by atoms with E-state index in [4.69, 9.17) is 9.72 Å². The van der Waals surface area contributed by atoms with Gasteiger partial charge < -0.3 is 9.72 Å². The molecule has 0 aliphatic heterocycles. The lowest BCUT2D eigenvalue weighted by molar-refractivity contribution is 0.415. The number of nitrogens with one attached hydrogen (secondary N) is 1. The fourth-order valence-corrected chi connectivity index (χ4v) is 3.78. The Morgan fingerprint density at radius 3 is 2.61 bits per heavy atom. The van der Waals surface area contributed by atoms with Crippen LogP contribution in [0.5, 0.6) is 5.75 Å². The molecule has 2 aromatic heterocycles. The molecule has 0 saturated carbocycles. The minimum absolute atomic E-state index is 0.0466. The van der Waals surface area contributed by atoms with E-state index in [1.54, 1.807) is 11.7 Å². The minimum atomic E-state index is -0.0466. The van der Waals surface area contributed by atoms with E-state index < -0.39 is 0 Å². The molecule has 3 aromatic carbocycles. The summed E-state index contributed by atoms with van der Waals surface area (Å²) in [7, 11) is 1.66. The standard InChI is InChI=1S/C26H21N3O2/c1-31-20-12-13-23-22(15-20)19(16-27-23)11-14-25-28-24-10-6-5-9-21(24)26(30)29(25)17-18-7-3-2-4-8-18/h2-16,27H,17H2,1H3. The Kier molecular flexibility index (Phi) is 4.84. The predicted octanol–water partition coefficient (Wildman–Crippen LogP) is 5.11. The van der Waals surface area contributed by atoms with Crippen molar-refractivity contribution >= 4 is 34.0 Å². The third kappa shape index (κ3) is 3.62. The second-order valence-corrected chi connectivity index (χ2v) is 7.35. The molecule has 0 bridgehead atoms. The first-order chi connectivity index (χ1) is 15.2. The predicted molar refractivity (Wildman–Crippen MR) is 125 cm³/mol. The number of fused-ring (bicyclic) bond motifs is 2. The zero-order chi connectivity index (χ0) is 21.2. The number of nitrogens with zero attached hydrogens (tertiary/aromatic N) is 2. The van der Waals surface area contributed by atoms with Gasteiger partial charge in [0.15, 0.2) is 0 Å². The van der Waals surface area contributed by atoms with Gasteiger partial charge in [-0.05, 0) is 48.0 Å². The molecule has 0 amide bonds. The number of H-pyrrole nitrogens is 1. The smallest absolute Gasteiger partial charge is 0.261 e. The molecule has 5 nitrogen and oxygen atoms in total. The van der Waals surface area contributed by atoms with Gasteiger partial charge in [0, 0.05) is 22.7 Å². The number of hydrogen-bond donors (Lipinski definition) is 1. The van der Waals surface area contributed by atoms with Crippen LogP contribution >= 0.6 is 0 Å². The van der Waals surface area contributed by atoms with Crippen molar-refractivity contribution in [2.75, 3.05) is 7.11 Å². The van der Waals surface area contributed by atoms with Crippen molar-refractivity contribution in [2.24, 2.45) is 0 Å². The van der Waals surface area contributed by atoms with Gasteiger partial charge in [-0.15, -0.1) is 0 Å². The highest BCUT2D eigenvalue weighted by molar-refractivity contribution is 5.92. The molecule has 2 heterocycles. The molecular formula is C26H21N3O2. The molecule has 5 rings (SSSR count). The van der Waals surface area contributed by atoms with Crippen LogP contribution in [-0.4, -0.2) is 21.6 Å². The topological polar surface area (TPSA) is 59.9 Å². The molecular weight excluding hydrogens is 386 g/mol. The van der Waals surface area contributed by atoms with Gasteiger partial charge in [-0.1, -0.05) is 42.5 Å². The van der Waals surface area contributed by atoms with Crippen LogP contribution < -0.4 is 10.3 Å². The van der Waals surface area contributed by atoms with Crippen molar-refractivity contribution in [2.45, 2.75) is 6.54 Å². The Bertz CT molecular complexity index is 1460. The first-order valence-electron chi connectivity index (χ1n) is 10.1. The summed E-state index contributed by atoms with van der Waals surface area (Å²) in [5.74, 6) is 1.41. The first-order valence-corrected chi connectivity index (χ1v) is 10.1. The van der Waals surface area contributed by atoms with E-state index in [0.29, 0.717) is 23.3 Å². The Balaban J connectivity index is 1.63. The number of para-hydroxylation sites is 1. The highest BCUT2D eigenvalue weighted by Crippen LogP contribution is 2.25. The SMILES string of the molecule is COc1ccc2[nH]cc(C=Cc3nc4ccccc4c(=O)n3Cc3ccccc3)c2c1. The van der Waals surface area contributed by atoms with Gasteiger partial charge in [0.2, 0.25) is 0 Å². The second kappa shape index (κ2) is 7.95. The maximum atomic E-state index is 13.3. The molecule has 0 saturated heterocycles. The largest absolute Gasteiger partial charge is 0.497 e. The van der Waals surface area contributed by atoms with Gasteiger partial charge in [0.1, 0.15) is 11.6 Å². The molecule has 0 spiro atoms. The summed E-state index contributed by atoms with van der Waals surface area (Å²) in [5.41, 5.74) is 3.72. The van der Waals surface area contributed by atoms with Gasteiger partial charge in [0.05, 0.1) is 24.6 Å². The summed E-state index contributed by atoms with van der Waals surface area (Å²) in [4.78, 5) is 21.3. The third-order valence-corrected chi connectivity index (χ3v) is 5.41. The van der Waals surface area contributed by atoms with Crippen molar-refractivity contribution in [3.8, 4) is 5.75 Å². The molecule has 5 heteroatoms. The van der Waals surface area contributed by atoms with Gasteiger partial charge in [0.25, 0.3) is 5.56 Å². The summed E-state index contributed by atoms with van der Waals surface area (Å²) in [6.07, 6.45) is 5.83. The normalized spacial score (nSPS) is 11.5. The first kappa shape index (κ1) is 18.9. The molecule has 0 aliphatic carbocycles. The van der Waals surface area contributed by atoms with E-state index in [9.17, 15) is 4.79 Å². The highest BCUT2D eigenvalue weighted by Gasteiger charge is 2.10. The number of benzene rings is 3. The van der Waals surface area contributed by atoms with E-state index in [0.717, 1.165) is 27.8 Å². The summed E-state index contributed by atoms with van der Waals surface area (Å²) in [5, 5.41) is 1.67.